The van der Waals surface area contributed by atoms with E-state index in [0.717, 1.165) is 43.9 Å². The third-order valence-corrected chi connectivity index (χ3v) is 14.2. The maximum atomic E-state index is 12.4. The molecule has 11 aromatic rings. The molecule has 460 valence electrons. The molecule has 0 aliphatic heterocycles. The van der Waals surface area contributed by atoms with Crippen LogP contribution < -0.4 is 5.73 Å². The highest BCUT2D eigenvalue weighted by Crippen LogP contribution is 2.23. The molecule has 0 spiro atoms. The summed E-state index contributed by atoms with van der Waals surface area (Å²) in [5, 5.41) is 10.8. The van der Waals surface area contributed by atoms with Crippen molar-refractivity contribution in [1.82, 2.24) is 44.7 Å². The SMILES string of the molecule is CC(C)c1[nH]nc2ncccc12.CC(C)c1ccc(Cl)cc1.CC(C)c1ccc(Cl)nc1.CC(C)c1ccc(F)cc1.CC(C)c1ccc(F)nc1.CC(C)c1ccc2cccnc2c1.CC(C)c1cccnc1N.CC(C)n1ccc2ncccc21. The zero-order valence-electron chi connectivity index (χ0n) is 53.7. The lowest BCUT2D eigenvalue weighted by Crippen LogP contribution is -1.97. The van der Waals surface area contributed by atoms with Crippen molar-refractivity contribution in [3.8, 4) is 0 Å². The van der Waals surface area contributed by atoms with Gasteiger partial charge in [0.1, 0.15) is 16.8 Å². The Kier molecular flexibility index (Phi) is 30.4. The quantitative estimate of drug-likeness (QED) is 0.144. The number of nitrogens with two attached hydrogens (primary N) is 1. The van der Waals surface area contributed by atoms with E-state index in [1.54, 1.807) is 24.7 Å². The Morgan fingerprint density at radius 2 is 0.954 bits per heavy atom. The van der Waals surface area contributed by atoms with Crippen LogP contribution in [0, 0.1) is 11.8 Å². The van der Waals surface area contributed by atoms with Crippen LogP contribution in [0.1, 0.15) is 197 Å². The van der Waals surface area contributed by atoms with E-state index >= 15 is 0 Å². The number of hydrogen-bond acceptors (Lipinski definition) is 8. The summed E-state index contributed by atoms with van der Waals surface area (Å²) in [6.45, 7) is 34.1. The summed E-state index contributed by atoms with van der Waals surface area (Å²) in [6.07, 6.45) is 12.6. The van der Waals surface area contributed by atoms with Gasteiger partial charge in [0.2, 0.25) is 5.95 Å². The van der Waals surface area contributed by atoms with Gasteiger partial charge in [-0.25, -0.2) is 24.3 Å². The minimum Gasteiger partial charge on any atom is -0.383 e. The number of nitrogens with zero attached hydrogens (tertiary/aromatic N) is 8. The third kappa shape index (κ3) is 24.8. The van der Waals surface area contributed by atoms with Crippen molar-refractivity contribution in [2.45, 2.75) is 158 Å². The van der Waals surface area contributed by atoms with Crippen LogP contribution in [0.3, 0.4) is 0 Å². The number of nitrogen functional groups attached to an aromatic ring is 1. The Morgan fingerprint density at radius 3 is 1.47 bits per heavy atom. The normalized spacial score (nSPS) is 10.7. The van der Waals surface area contributed by atoms with Gasteiger partial charge in [-0.05, 0) is 174 Å². The summed E-state index contributed by atoms with van der Waals surface area (Å²) in [6, 6.07) is 46.6. The van der Waals surface area contributed by atoms with E-state index in [2.05, 4.69) is 210 Å². The van der Waals surface area contributed by atoms with Crippen LogP contribution >= 0.6 is 23.2 Å². The molecule has 0 amide bonds. The average Bonchev–Trinajstić information content (AvgIpc) is 2.54. The van der Waals surface area contributed by atoms with E-state index in [0.29, 0.717) is 58.4 Å². The molecular formula is C73H90Cl2F2N10. The van der Waals surface area contributed by atoms with Gasteiger partial charge in [-0.15, -0.1) is 0 Å². The predicted molar refractivity (Wildman–Crippen MR) is 364 cm³/mol. The molecule has 10 nitrogen and oxygen atoms in total. The first-order valence-corrected chi connectivity index (χ1v) is 30.6. The maximum Gasteiger partial charge on any atom is 0.212 e. The van der Waals surface area contributed by atoms with Gasteiger partial charge in [0.15, 0.2) is 5.65 Å². The molecule has 87 heavy (non-hydrogen) atoms. The number of H-pyrrole nitrogens is 1. The van der Waals surface area contributed by atoms with Gasteiger partial charge in [-0.1, -0.05) is 181 Å². The van der Waals surface area contributed by atoms with Crippen molar-refractivity contribution in [2.24, 2.45) is 0 Å². The number of fused-ring (bicyclic) bond motifs is 3. The topological polar surface area (TPSA) is 137 Å². The van der Waals surface area contributed by atoms with Gasteiger partial charge in [0, 0.05) is 70.9 Å². The molecule has 11 rings (SSSR count). The van der Waals surface area contributed by atoms with Gasteiger partial charge in [-0.3, -0.25) is 15.1 Å². The third-order valence-electron chi connectivity index (χ3n) is 13.7. The van der Waals surface area contributed by atoms with Gasteiger partial charge in [-0.2, -0.15) is 9.49 Å². The van der Waals surface area contributed by atoms with E-state index in [1.165, 1.54) is 51.4 Å². The number of anilines is 1. The number of hydrogen-bond donors (Lipinski definition) is 2. The zero-order chi connectivity index (χ0) is 64.2. The second-order valence-electron chi connectivity index (χ2n) is 23.2. The highest BCUT2D eigenvalue weighted by molar-refractivity contribution is 6.30. The lowest BCUT2D eigenvalue weighted by atomic mass is 10.0. The molecule has 0 aliphatic carbocycles. The van der Waals surface area contributed by atoms with E-state index in [-0.39, 0.29) is 5.82 Å². The summed E-state index contributed by atoms with van der Waals surface area (Å²) >= 11 is 11.3. The molecule has 0 saturated carbocycles. The van der Waals surface area contributed by atoms with Crippen LogP contribution in [0.4, 0.5) is 14.6 Å². The predicted octanol–water partition coefficient (Wildman–Crippen LogP) is 21.5. The van der Waals surface area contributed by atoms with Gasteiger partial charge >= 0.3 is 0 Å². The summed E-state index contributed by atoms with van der Waals surface area (Å²) in [5.74, 6) is 3.63. The molecule has 0 unspecified atom stereocenters. The molecule has 8 heterocycles. The van der Waals surface area contributed by atoms with Crippen molar-refractivity contribution in [3.05, 3.63) is 250 Å². The van der Waals surface area contributed by atoms with Crippen LogP contribution in [-0.2, 0) is 0 Å². The molecule has 3 aromatic carbocycles. The fourth-order valence-corrected chi connectivity index (χ4v) is 8.50. The molecular weight excluding hydrogens is 1130 g/mol. The molecule has 3 N–H and O–H groups in total. The number of pyridine rings is 6. The number of aromatic nitrogens is 9. The van der Waals surface area contributed by atoms with Gasteiger partial charge < -0.3 is 10.3 Å². The van der Waals surface area contributed by atoms with E-state index in [1.807, 2.05) is 91.4 Å². The Balaban J connectivity index is 0.000000213. The van der Waals surface area contributed by atoms with E-state index < -0.39 is 5.95 Å². The first-order chi connectivity index (χ1) is 41.4. The van der Waals surface area contributed by atoms with Crippen molar-refractivity contribution >= 4 is 62.0 Å². The van der Waals surface area contributed by atoms with Crippen molar-refractivity contribution < 1.29 is 8.78 Å². The average molecular weight is 1220 g/mol. The molecule has 0 saturated heterocycles. The van der Waals surface area contributed by atoms with Crippen LogP contribution in [-0.4, -0.2) is 44.7 Å². The summed E-state index contributed by atoms with van der Waals surface area (Å²) < 4.78 is 26.8. The summed E-state index contributed by atoms with van der Waals surface area (Å²) in [5.41, 5.74) is 18.3. The largest absolute Gasteiger partial charge is 0.383 e. The minimum atomic E-state index is -0.413. The Morgan fingerprint density at radius 1 is 0.448 bits per heavy atom. The van der Waals surface area contributed by atoms with Crippen LogP contribution in [0.5, 0.6) is 0 Å². The Labute approximate surface area is 526 Å². The number of nitrogens with one attached hydrogen (secondary N) is 1. The molecule has 14 heteroatoms. The van der Waals surface area contributed by atoms with Crippen molar-refractivity contribution in [2.75, 3.05) is 5.73 Å². The van der Waals surface area contributed by atoms with Crippen molar-refractivity contribution in [3.63, 3.8) is 0 Å². The molecule has 0 atom stereocenters. The fourth-order valence-electron chi connectivity index (χ4n) is 8.26. The highest BCUT2D eigenvalue weighted by Gasteiger charge is 2.09. The highest BCUT2D eigenvalue weighted by atomic mass is 35.5. The van der Waals surface area contributed by atoms with Crippen LogP contribution in [0.15, 0.2) is 189 Å². The van der Waals surface area contributed by atoms with Crippen LogP contribution in [0.2, 0.25) is 10.2 Å². The standard InChI is InChI=1S/C12H13N.C10H12N2.C9H11Cl.C9H11F.C9H11N3.C8H10ClN.C8H10FN.C8H12N2/c1-9(2)11-6-5-10-4-3-7-13-12(10)8-11;1-8(2)12-7-5-9-10(12)4-3-6-11-9;2*1-7(2)8-3-5-9(10)6-4-8;1-6(2)8-7-4-3-5-10-9(7)12-11-8;2*1-6(2)7-3-4-8(9)10-5-7;1-6(2)7-4-3-5-10-8(7)9/h3-9H,1-2H3;3-8H,1-2H3;2*3-7H,1-2H3;3-6H,1-2H3,(H,10,11,12);2*3-6H,1-2H3;3-6H,1-2H3,(H2,9,10). The lowest BCUT2D eigenvalue weighted by Gasteiger charge is -2.07. The molecule has 0 fully saturated rings. The Bertz CT molecular complexity index is 3390. The zero-order valence-corrected chi connectivity index (χ0v) is 55.2. The fraction of sp³-hybridized carbons (Fsp3) is 0.329. The molecule has 8 aromatic heterocycles. The number of benzene rings is 3. The molecule has 0 aliphatic rings. The monoisotopic (exact) mass is 1210 g/mol. The number of aromatic amines is 1. The summed E-state index contributed by atoms with van der Waals surface area (Å²) in [7, 11) is 0. The molecule has 0 radical (unpaired) electrons. The van der Waals surface area contributed by atoms with E-state index in [9.17, 15) is 8.78 Å². The smallest absolute Gasteiger partial charge is 0.212 e. The number of rotatable bonds is 8. The van der Waals surface area contributed by atoms with Crippen LogP contribution in [0.25, 0.3) is 33.0 Å². The lowest BCUT2D eigenvalue weighted by molar-refractivity contribution is 0.581. The van der Waals surface area contributed by atoms with Gasteiger partial charge in [0.05, 0.1) is 16.6 Å². The first-order valence-electron chi connectivity index (χ1n) is 29.9. The minimum absolute atomic E-state index is 0.163. The second kappa shape index (κ2) is 36.9. The number of halogens is 4. The Hall–Kier alpha value is -7.93. The van der Waals surface area contributed by atoms with Gasteiger partial charge in [0.25, 0.3) is 0 Å². The van der Waals surface area contributed by atoms with Crippen molar-refractivity contribution in [1.29, 1.82) is 0 Å². The first kappa shape index (κ1) is 71.6. The maximum absolute atomic E-state index is 12.4. The second-order valence-corrected chi connectivity index (χ2v) is 24.0. The summed E-state index contributed by atoms with van der Waals surface area (Å²) in [4.78, 5) is 24.2. The van der Waals surface area contributed by atoms with E-state index in [4.69, 9.17) is 28.9 Å². The molecule has 0 bridgehead atoms.